The lowest BCUT2D eigenvalue weighted by atomic mass is 9.86. The molecule has 2 aromatic carbocycles. The Morgan fingerprint density at radius 1 is 1.28 bits per heavy atom. The number of halogens is 2. The number of nitriles is 1. The molecule has 3 heterocycles. The zero-order valence-electron chi connectivity index (χ0n) is 19.4. The van der Waals surface area contributed by atoms with Crippen molar-refractivity contribution in [3.05, 3.63) is 88.5 Å². The fraction of sp³-hybridized carbons (Fsp3) is 0.240. The van der Waals surface area contributed by atoms with Crippen LogP contribution in [0.2, 0.25) is 0 Å². The molecule has 0 spiro atoms. The quantitative estimate of drug-likeness (QED) is 0.401. The van der Waals surface area contributed by atoms with Crippen LogP contribution in [0.1, 0.15) is 33.4 Å². The zero-order valence-corrected chi connectivity index (χ0v) is 20.2. The summed E-state index contributed by atoms with van der Waals surface area (Å²) in [6.07, 6.45) is 2.82. The van der Waals surface area contributed by atoms with Gasteiger partial charge in [-0.3, -0.25) is 4.79 Å². The summed E-state index contributed by atoms with van der Waals surface area (Å²) in [4.78, 5) is 24.1. The third-order valence-electron chi connectivity index (χ3n) is 6.37. The lowest BCUT2D eigenvalue weighted by molar-refractivity contribution is -0.0274. The zero-order chi connectivity index (χ0) is 25.4. The van der Waals surface area contributed by atoms with Gasteiger partial charge in [0.15, 0.2) is 0 Å². The highest BCUT2D eigenvalue weighted by Crippen LogP contribution is 2.42. The topological polar surface area (TPSA) is 96.9 Å². The molecule has 2 atom stereocenters. The third-order valence-corrected chi connectivity index (χ3v) is 7.56. The van der Waals surface area contributed by atoms with E-state index in [1.807, 2.05) is 0 Å². The van der Waals surface area contributed by atoms with E-state index in [1.165, 1.54) is 45.7 Å². The molecule has 0 radical (unpaired) electrons. The molecule has 4 aromatic rings. The molecule has 1 aliphatic heterocycles. The summed E-state index contributed by atoms with van der Waals surface area (Å²) >= 11 is 1.24. The van der Waals surface area contributed by atoms with Crippen molar-refractivity contribution in [2.24, 2.45) is 0 Å². The minimum Gasteiger partial charge on any atom is -0.346 e. The Bertz CT molecular complexity index is 1460. The number of thiazole rings is 1. The number of ether oxygens (including phenoxy) is 1. The maximum absolute atomic E-state index is 15.0. The first kappa shape index (κ1) is 23.7. The van der Waals surface area contributed by atoms with Crippen LogP contribution in [0.3, 0.4) is 0 Å². The average Bonchev–Trinajstić information content (AvgIpc) is 3.59. The molecule has 1 saturated heterocycles. The Hall–Kier alpha value is -4.01. The molecule has 1 amide bonds. The molecule has 36 heavy (non-hydrogen) atoms. The second-order valence-corrected chi connectivity index (χ2v) is 9.45. The highest BCUT2D eigenvalue weighted by molar-refractivity contribution is 7.17. The van der Waals surface area contributed by atoms with Gasteiger partial charge in [0.2, 0.25) is 0 Å². The molecule has 1 aliphatic rings. The Balaban J connectivity index is 1.49. The third kappa shape index (κ3) is 4.04. The van der Waals surface area contributed by atoms with E-state index in [1.54, 1.807) is 38.1 Å². The molecule has 0 N–H and O–H groups in total. The number of rotatable bonds is 5. The molecule has 1 fully saturated rings. The van der Waals surface area contributed by atoms with Crippen molar-refractivity contribution in [2.75, 3.05) is 6.73 Å². The fourth-order valence-electron chi connectivity index (χ4n) is 4.39. The summed E-state index contributed by atoms with van der Waals surface area (Å²) in [5, 5.41) is 13.8. The summed E-state index contributed by atoms with van der Waals surface area (Å²) < 4.78 is 36.4. The van der Waals surface area contributed by atoms with Crippen molar-refractivity contribution in [3.63, 3.8) is 0 Å². The number of hydrogen-bond acceptors (Lipinski definition) is 7. The van der Waals surface area contributed by atoms with Crippen LogP contribution in [0, 0.1) is 29.9 Å². The van der Waals surface area contributed by atoms with Gasteiger partial charge in [-0.2, -0.15) is 10.4 Å². The Morgan fingerprint density at radius 3 is 2.72 bits per heavy atom. The van der Waals surface area contributed by atoms with Crippen molar-refractivity contribution >= 4 is 17.2 Å². The molecule has 182 valence electrons. The number of benzene rings is 2. The molecule has 0 saturated carbocycles. The molecule has 2 aromatic heterocycles. The van der Waals surface area contributed by atoms with Crippen LogP contribution in [-0.2, 0) is 16.9 Å². The van der Waals surface area contributed by atoms with E-state index >= 15 is 4.39 Å². The summed E-state index contributed by atoms with van der Waals surface area (Å²) in [6.45, 7) is 3.48. The summed E-state index contributed by atoms with van der Waals surface area (Å²) in [6, 6.07) is 11.7. The number of hydrogen-bond donors (Lipinski definition) is 0. The molecule has 0 unspecified atom stereocenters. The van der Waals surface area contributed by atoms with Crippen LogP contribution in [-0.4, -0.2) is 43.3 Å². The minimum absolute atomic E-state index is 0.0681. The molecule has 8 nitrogen and oxygen atoms in total. The summed E-state index contributed by atoms with van der Waals surface area (Å²) in [5.41, 5.74) is 0.680. The van der Waals surface area contributed by atoms with Crippen molar-refractivity contribution in [1.29, 1.82) is 5.26 Å². The van der Waals surface area contributed by atoms with E-state index in [0.29, 0.717) is 21.1 Å². The lowest BCUT2D eigenvalue weighted by Gasteiger charge is -2.34. The van der Waals surface area contributed by atoms with E-state index in [4.69, 9.17) is 10.00 Å². The van der Waals surface area contributed by atoms with Crippen LogP contribution < -0.4 is 0 Å². The van der Waals surface area contributed by atoms with Gasteiger partial charge in [0.25, 0.3) is 5.91 Å². The molecular formula is C25H20F2N6O2S. The van der Waals surface area contributed by atoms with Gasteiger partial charge in [-0.1, -0.05) is 18.2 Å². The Morgan fingerprint density at radius 2 is 2.06 bits per heavy atom. The molecule has 5 rings (SSSR count). The van der Waals surface area contributed by atoms with Gasteiger partial charge in [0, 0.05) is 17.2 Å². The second-order valence-electron chi connectivity index (χ2n) is 8.45. The van der Waals surface area contributed by atoms with Crippen molar-refractivity contribution in [3.8, 4) is 16.6 Å². The maximum atomic E-state index is 15.0. The van der Waals surface area contributed by atoms with Crippen LogP contribution >= 0.6 is 11.3 Å². The fourth-order valence-corrected chi connectivity index (χ4v) is 5.42. The van der Waals surface area contributed by atoms with E-state index < -0.39 is 23.3 Å². The normalized spacial score (nSPS) is 19.4. The summed E-state index contributed by atoms with van der Waals surface area (Å²) in [7, 11) is 0. The van der Waals surface area contributed by atoms with Gasteiger partial charge < -0.3 is 9.64 Å². The first-order chi connectivity index (χ1) is 17.3. The van der Waals surface area contributed by atoms with Crippen LogP contribution in [0.15, 0.2) is 55.1 Å². The van der Waals surface area contributed by atoms with Gasteiger partial charge in [0.05, 0.1) is 29.9 Å². The first-order valence-electron chi connectivity index (χ1n) is 11.0. The number of aryl methyl sites for hydroxylation is 1. The Labute approximate surface area is 209 Å². The van der Waals surface area contributed by atoms with E-state index in [9.17, 15) is 9.18 Å². The van der Waals surface area contributed by atoms with Crippen LogP contribution in [0.4, 0.5) is 8.78 Å². The van der Waals surface area contributed by atoms with Crippen LogP contribution in [0.5, 0.6) is 0 Å². The highest BCUT2D eigenvalue weighted by atomic mass is 32.1. The predicted octanol–water partition coefficient (Wildman–Crippen LogP) is 4.27. The molecule has 0 bridgehead atoms. The standard InChI is InChI=1S/C25H20F2N6O2S/c1-15-22(36-23(31-15)18-5-3-17(10-28)4-6-18)24(34)33-14-35-25(16(33)2,11-32-13-29-12-30-32)20-8-7-19(26)9-21(20)27/h3-9,12-13,16H,11,14H2,1-2H3/t16-,25-/m1/s1. The lowest BCUT2D eigenvalue weighted by Crippen LogP contribution is -2.46. The summed E-state index contributed by atoms with van der Waals surface area (Å²) in [5.74, 6) is -1.78. The smallest absolute Gasteiger partial charge is 0.268 e. The van der Waals surface area contributed by atoms with E-state index in [-0.39, 0.29) is 24.7 Å². The van der Waals surface area contributed by atoms with Gasteiger partial charge in [-0.15, -0.1) is 11.3 Å². The predicted molar refractivity (Wildman–Crippen MR) is 127 cm³/mol. The van der Waals surface area contributed by atoms with Gasteiger partial charge in [-0.05, 0) is 32.0 Å². The number of nitrogens with zero attached hydrogens (tertiary/aromatic N) is 6. The average molecular weight is 507 g/mol. The second kappa shape index (κ2) is 9.22. The highest BCUT2D eigenvalue weighted by Gasteiger charge is 2.51. The van der Waals surface area contributed by atoms with Gasteiger partial charge in [-0.25, -0.2) is 23.4 Å². The largest absolute Gasteiger partial charge is 0.346 e. The SMILES string of the molecule is Cc1nc(-c2ccc(C#N)cc2)sc1C(=O)N1CO[C@@](Cn2cncn2)(c2ccc(F)cc2F)[C@H]1C. The number of amides is 1. The maximum Gasteiger partial charge on any atom is 0.268 e. The Kier molecular flexibility index (Phi) is 6.07. The van der Waals surface area contributed by atoms with Gasteiger partial charge >= 0.3 is 0 Å². The molecule has 0 aliphatic carbocycles. The monoisotopic (exact) mass is 506 g/mol. The van der Waals surface area contributed by atoms with Crippen molar-refractivity contribution in [1.82, 2.24) is 24.6 Å². The van der Waals surface area contributed by atoms with Crippen LogP contribution in [0.25, 0.3) is 10.6 Å². The number of aromatic nitrogens is 4. The molecular weight excluding hydrogens is 486 g/mol. The molecule has 11 heteroatoms. The van der Waals surface area contributed by atoms with Crippen molar-refractivity contribution < 1.29 is 18.3 Å². The van der Waals surface area contributed by atoms with E-state index in [0.717, 1.165) is 11.6 Å². The van der Waals surface area contributed by atoms with Gasteiger partial charge in [0.1, 0.15) is 46.5 Å². The van der Waals surface area contributed by atoms with Crippen molar-refractivity contribution in [2.45, 2.75) is 32.0 Å². The number of carbonyl (C=O) groups is 1. The first-order valence-corrected chi connectivity index (χ1v) is 11.8. The minimum atomic E-state index is -1.32. The number of carbonyl (C=O) groups excluding carboxylic acids is 1. The van der Waals surface area contributed by atoms with E-state index in [2.05, 4.69) is 21.1 Å².